The predicted molar refractivity (Wildman–Crippen MR) is 47.6 cm³/mol. The van der Waals surface area contributed by atoms with Crippen LogP contribution in [0.5, 0.6) is 0 Å². The molecule has 1 unspecified atom stereocenters. The van der Waals surface area contributed by atoms with E-state index < -0.39 is 21.5 Å². The first-order chi connectivity index (χ1) is 5.79. The minimum Gasteiger partial charge on any atom is -1.00 e. The van der Waals surface area contributed by atoms with Crippen molar-refractivity contribution in [3.63, 3.8) is 0 Å². The van der Waals surface area contributed by atoms with Crippen LogP contribution >= 0.6 is 0 Å². The fourth-order valence-corrected chi connectivity index (χ4v) is 0.889. The van der Waals surface area contributed by atoms with E-state index in [0.717, 1.165) is 6.08 Å². The number of rotatable bonds is 4. The van der Waals surface area contributed by atoms with Gasteiger partial charge in [0.1, 0.15) is 0 Å². The number of hydrogen-bond donors (Lipinski definition) is 1. The van der Waals surface area contributed by atoms with Crippen molar-refractivity contribution in [1.29, 1.82) is 0 Å². The molecule has 0 heterocycles. The molecule has 0 radical (unpaired) electrons. The van der Waals surface area contributed by atoms with E-state index in [1.807, 2.05) is 0 Å². The minimum atomic E-state index is -4.45. The molecule has 0 amide bonds. The van der Waals surface area contributed by atoms with E-state index in [9.17, 15) is 13.2 Å². The molecule has 1 N–H and O–H groups in total. The summed E-state index contributed by atoms with van der Waals surface area (Å²) in [6.45, 7) is 7.69. The van der Waals surface area contributed by atoms with Crippen LogP contribution < -0.4 is 29.6 Å². The zero-order valence-electron chi connectivity index (χ0n) is 9.06. The van der Waals surface area contributed by atoms with Crippen LogP contribution in [0.4, 0.5) is 0 Å². The summed E-state index contributed by atoms with van der Waals surface area (Å²) in [6, 6.07) is 0. The van der Waals surface area contributed by atoms with Gasteiger partial charge in [-0.05, 0) is 13.0 Å². The predicted octanol–water partition coefficient (Wildman–Crippen LogP) is -2.38. The van der Waals surface area contributed by atoms with Gasteiger partial charge in [0.2, 0.25) is 5.44 Å². The van der Waals surface area contributed by atoms with E-state index in [1.165, 1.54) is 6.92 Å². The first-order valence-electron chi connectivity index (χ1n) is 3.24. The summed E-state index contributed by atoms with van der Waals surface area (Å²) < 4.78 is 33.8. The van der Waals surface area contributed by atoms with Gasteiger partial charge in [0.25, 0.3) is 0 Å². The molecule has 76 valence electrons. The number of hydrogen-bond acceptors (Lipinski definition) is 4. The molecule has 0 saturated carbocycles. The van der Waals surface area contributed by atoms with Crippen LogP contribution in [0.3, 0.4) is 0 Å². The molecule has 0 rings (SSSR count). The van der Waals surface area contributed by atoms with Crippen LogP contribution in [0.2, 0.25) is 0 Å². The zero-order valence-corrected chi connectivity index (χ0v) is 10.9. The topological polar surface area (TPSA) is 80.7 Å². The number of esters is 1. The van der Waals surface area contributed by atoms with E-state index in [-0.39, 0.29) is 36.6 Å². The van der Waals surface area contributed by atoms with Crippen LogP contribution in [0.25, 0.3) is 0 Å². The molecular formula is C7H11NaO5S. The molecule has 0 aliphatic rings. The quantitative estimate of drug-likeness (QED) is 0.192. The molecule has 0 fully saturated rings. The second-order valence-corrected chi connectivity index (χ2v) is 3.80. The van der Waals surface area contributed by atoms with Crippen LogP contribution in [0, 0.1) is 0 Å². The number of carbonyl (C=O) groups is 1. The van der Waals surface area contributed by atoms with Gasteiger partial charge >= 0.3 is 45.6 Å². The van der Waals surface area contributed by atoms with Gasteiger partial charge in [0, 0.05) is 5.57 Å². The zero-order chi connectivity index (χ0) is 10.6. The van der Waals surface area contributed by atoms with Crippen LogP contribution in [-0.2, 0) is 19.6 Å². The Morgan fingerprint density at radius 2 is 2.07 bits per heavy atom. The maximum atomic E-state index is 10.8. The normalized spacial score (nSPS) is 12.1. The average molecular weight is 230 g/mol. The molecule has 0 aromatic carbocycles. The Bertz CT molecular complexity index is 337. The molecule has 0 aromatic heterocycles. The first-order valence-corrected chi connectivity index (χ1v) is 4.74. The van der Waals surface area contributed by atoms with Gasteiger partial charge in [0.05, 0.1) is 0 Å². The standard InChI is InChI=1S/C7H10O5S.Na.H/c1-4-6(13(9,10)11)12-7(8)5(2)3;;/h4,6H,1-2H2,3H3,(H,9,10,11);;/q;+1;-1. The van der Waals surface area contributed by atoms with E-state index in [2.05, 4.69) is 17.9 Å². The van der Waals surface area contributed by atoms with E-state index in [1.54, 1.807) is 0 Å². The van der Waals surface area contributed by atoms with E-state index in [0.29, 0.717) is 0 Å². The third-order valence-electron chi connectivity index (χ3n) is 1.06. The molecule has 0 saturated heterocycles. The average Bonchev–Trinajstić information content (AvgIpc) is 1.96. The Labute approximate surface area is 106 Å². The van der Waals surface area contributed by atoms with Gasteiger partial charge in [-0.25, -0.2) is 4.79 Å². The summed E-state index contributed by atoms with van der Waals surface area (Å²) in [5.41, 5.74) is -1.70. The third-order valence-corrected chi connectivity index (χ3v) is 1.93. The van der Waals surface area contributed by atoms with Gasteiger partial charge in [0.15, 0.2) is 0 Å². The maximum absolute atomic E-state index is 10.8. The van der Waals surface area contributed by atoms with Crippen molar-refractivity contribution in [1.82, 2.24) is 0 Å². The molecule has 5 nitrogen and oxygen atoms in total. The molecule has 7 heteroatoms. The maximum Gasteiger partial charge on any atom is 1.00 e. The molecule has 0 aliphatic carbocycles. The van der Waals surface area contributed by atoms with Crippen molar-refractivity contribution >= 4 is 16.1 Å². The van der Waals surface area contributed by atoms with Crippen molar-refractivity contribution in [2.24, 2.45) is 0 Å². The van der Waals surface area contributed by atoms with Crippen molar-refractivity contribution < 1.29 is 53.5 Å². The SMILES string of the molecule is C=CC(OC(=O)C(=C)C)S(=O)(=O)O.[H-].[Na+]. The Morgan fingerprint density at radius 3 is 2.29 bits per heavy atom. The van der Waals surface area contributed by atoms with Crippen molar-refractivity contribution in [3.05, 3.63) is 24.8 Å². The van der Waals surface area contributed by atoms with Gasteiger partial charge in [-0.2, -0.15) is 8.42 Å². The van der Waals surface area contributed by atoms with Crippen molar-refractivity contribution in [3.8, 4) is 0 Å². The summed E-state index contributed by atoms with van der Waals surface area (Å²) in [5.74, 6) is -0.900. The molecule has 0 spiro atoms. The van der Waals surface area contributed by atoms with Crippen LogP contribution in [0.15, 0.2) is 24.8 Å². The Balaban J connectivity index is -0.000000720. The molecule has 0 aliphatic heterocycles. The van der Waals surface area contributed by atoms with E-state index >= 15 is 0 Å². The monoisotopic (exact) mass is 230 g/mol. The van der Waals surface area contributed by atoms with Gasteiger partial charge in [-0.15, -0.1) is 0 Å². The van der Waals surface area contributed by atoms with Crippen molar-refractivity contribution in [2.45, 2.75) is 12.4 Å². The van der Waals surface area contributed by atoms with Crippen LogP contribution in [-0.4, -0.2) is 24.4 Å². The molecule has 14 heavy (non-hydrogen) atoms. The minimum absolute atomic E-state index is 0. The fraction of sp³-hybridized carbons (Fsp3) is 0.286. The second kappa shape index (κ2) is 6.36. The molecular weight excluding hydrogens is 219 g/mol. The summed E-state index contributed by atoms with van der Waals surface area (Å²) in [5, 5.41) is 0. The van der Waals surface area contributed by atoms with Crippen LogP contribution in [0.1, 0.15) is 8.35 Å². The smallest absolute Gasteiger partial charge is 1.00 e. The Hall–Kier alpha value is -0.140. The molecule has 1 atom stereocenters. The summed E-state index contributed by atoms with van der Waals surface area (Å²) in [4.78, 5) is 10.8. The summed E-state index contributed by atoms with van der Waals surface area (Å²) in [6.07, 6.45) is 0.802. The number of carbonyl (C=O) groups excluding carboxylic acids is 1. The molecule has 0 bridgehead atoms. The largest absolute Gasteiger partial charge is 1.00 e. The Morgan fingerprint density at radius 1 is 1.64 bits per heavy atom. The first kappa shape index (κ1) is 16.3. The van der Waals surface area contributed by atoms with Gasteiger partial charge < -0.3 is 6.16 Å². The molecule has 0 aromatic rings. The van der Waals surface area contributed by atoms with Crippen molar-refractivity contribution in [2.75, 3.05) is 0 Å². The second-order valence-electron chi connectivity index (χ2n) is 2.30. The summed E-state index contributed by atoms with van der Waals surface area (Å²) >= 11 is 0. The Kier molecular flexibility index (Phi) is 7.41. The number of ether oxygens (including phenoxy) is 1. The van der Waals surface area contributed by atoms with Gasteiger partial charge in [-0.1, -0.05) is 13.2 Å². The van der Waals surface area contributed by atoms with Gasteiger partial charge in [-0.3, -0.25) is 4.55 Å². The fourth-order valence-electron chi connectivity index (χ4n) is 0.437. The van der Waals surface area contributed by atoms with E-state index in [4.69, 9.17) is 4.55 Å². The summed E-state index contributed by atoms with van der Waals surface area (Å²) in [7, 11) is -4.45. The third kappa shape index (κ3) is 5.56.